The summed E-state index contributed by atoms with van der Waals surface area (Å²) in [6.07, 6.45) is -0.236. The molecule has 0 radical (unpaired) electrons. The highest BCUT2D eigenvalue weighted by atomic mass is 35.5. The van der Waals surface area contributed by atoms with Crippen LogP contribution in [0.15, 0.2) is 18.2 Å². The first-order chi connectivity index (χ1) is 6.50. The largest absolute Gasteiger partial charge is 0.480 e. The Morgan fingerprint density at radius 1 is 1.50 bits per heavy atom. The fourth-order valence-corrected chi connectivity index (χ4v) is 1.15. The zero-order valence-corrected chi connectivity index (χ0v) is 7.76. The number of carboxylic acid groups (broad SMARTS) is 1. The third kappa shape index (κ3) is 2.67. The molecule has 0 aromatic heterocycles. The third-order valence-corrected chi connectivity index (χ3v) is 2.02. The van der Waals surface area contributed by atoms with E-state index in [1.165, 1.54) is 0 Å². The second-order valence-corrected chi connectivity index (χ2v) is 3.27. The highest BCUT2D eigenvalue weighted by molar-refractivity contribution is 6.29. The van der Waals surface area contributed by atoms with Gasteiger partial charge < -0.3 is 5.11 Å². The number of benzene rings is 1. The van der Waals surface area contributed by atoms with Gasteiger partial charge >= 0.3 is 5.97 Å². The Kier molecular flexibility index (Phi) is 3.41. The van der Waals surface area contributed by atoms with E-state index in [2.05, 4.69) is 0 Å². The van der Waals surface area contributed by atoms with E-state index in [0.29, 0.717) is 0 Å². The zero-order valence-electron chi connectivity index (χ0n) is 7.01. The van der Waals surface area contributed by atoms with Crippen LogP contribution in [0.3, 0.4) is 0 Å². The molecule has 1 rings (SSSR count). The highest BCUT2D eigenvalue weighted by Crippen LogP contribution is 2.14. The van der Waals surface area contributed by atoms with E-state index < -0.39 is 23.0 Å². The molecule has 5 heteroatoms. The Balaban J connectivity index is 2.85. The Morgan fingerprint density at radius 3 is 2.71 bits per heavy atom. The highest BCUT2D eigenvalue weighted by Gasteiger charge is 2.16. The Labute approximate surface area is 84.1 Å². The van der Waals surface area contributed by atoms with Crippen LogP contribution in [0.4, 0.5) is 8.78 Å². The predicted octanol–water partition coefficient (Wildman–Crippen LogP) is 2.20. The van der Waals surface area contributed by atoms with Crippen molar-refractivity contribution in [3.8, 4) is 0 Å². The normalized spacial score (nSPS) is 12.5. The summed E-state index contributed by atoms with van der Waals surface area (Å²) in [6.45, 7) is 0. The number of carboxylic acids is 1. The van der Waals surface area contributed by atoms with Gasteiger partial charge in [-0.05, 0) is 23.8 Å². The summed E-state index contributed by atoms with van der Waals surface area (Å²) in [5.74, 6) is -2.52. The molecule has 1 N–H and O–H groups in total. The second-order valence-electron chi connectivity index (χ2n) is 2.75. The van der Waals surface area contributed by atoms with Gasteiger partial charge in [0.2, 0.25) is 0 Å². The van der Waals surface area contributed by atoms with Crippen molar-refractivity contribution >= 4 is 17.6 Å². The molecule has 1 aromatic carbocycles. The number of halogens is 3. The lowest BCUT2D eigenvalue weighted by molar-refractivity contribution is -0.136. The monoisotopic (exact) mass is 220 g/mol. The van der Waals surface area contributed by atoms with E-state index in [0.717, 1.165) is 18.2 Å². The maximum absolute atomic E-state index is 13.0. The SMILES string of the molecule is O=C(O)C(Cl)Cc1cc(F)ccc1F. The van der Waals surface area contributed by atoms with E-state index in [-0.39, 0.29) is 12.0 Å². The molecular formula is C9H7ClF2O2. The summed E-state index contributed by atoms with van der Waals surface area (Å²) in [4.78, 5) is 10.4. The van der Waals surface area contributed by atoms with Crippen molar-refractivity contribution in [1.29, 1.82) is 0 Å². The maximum Gasteiger partial charge on any atom is 0.321 e. The minimum Gasteiger partial charge on any atom is -0.480 e. The maximum atomic E-state index is 13.0. The molecule has 1 aromatic rings. The molecule has 0 saturated heterocycles. The molecule has 0 spiro atoms. The van der Waals surface area contributed by atoms with Crippen molar-refractivity contribution in [1.82, 2.24) is 0 Å². The first kappa shape index (κ1) is 10.9. The number of hydrogen-bond donors (Lipinski definition) is 1. The van der Waals surface area contributed by atoms with Crippen LogP contribution in [0, 0.1) is 11.6 Å². The molecule has 0 aliphatic rings. The summed E-state index contributed by atoms with van der Waals surface area (Å²) in [5.41, 5.74) is -0.0348. The summed E-state index contributed by atoms with van der Waals surface area (Å²) < 4.78 is 25.6. The smallest absolute Gasteiger partial charge is 0.321 e. The lowest BCUT2D eigenvalue weighted by Crippen LogP contribution is -2.16. The fourth-order valence-electron chi connectivity index (χ4n) is 0.980. The fraction of sp³-hybridized carbons (Fsp3) is 0.222. The van der Waals surface area contributed by atoms with Crippen LogP contribution >= 0.6 is 11.6 Å². The molecule has 1 atom stereocenters. The Bertz CT molecular complexity index is 355. The van der Waals surface area contributed by atoms with E-state index >= 15 is 0 Å². The molecule has 76 valence electrons. The van der Waals surface area contributed by atoms with E-state index in [1.54, 1.807) is 0 Å². The molecule has 0 bridgehead atoms. The molecule has 2 nitrogen and oxygen atoms in total. The van der Waals surface area contributed by atoms with Gasteiger partial charge in [-0.15, -0.1) is 11.6 Å². The predicted molar refractivity (Wildman–Crippen MR) is 47.3 cm³/mol. The topological polar surface area (TPSA) is 37.3 Å². The standard InChI is InChI=1S/C9H7ClF2O2/c10-7(9(13)14)4-5-3-6(11)1-2-8(5)12/h1-3,7H,4H2,(H,13,14). The molecule has 0 aliphatic carbocycles. The van der Waals surface area contributed by atoms with Crippen LogP contribution in [0.5, 0.6) is 0 Å². The van der Waals surface area contributed by atoms with Crippen molar-refractivity contribution in [2.75, 3.05) is 0 Å². The minimum absolute atomic E-state index is 0.0348. The molecule has 1 unspecified atom stereocenters. The van der Waals surface area contributed by atoms with Gasteiger partial charge in [-0.2, -0.15) is 0 Å². The van der Waals surface area contributed by atoms with Crippen molar-refractivity contribution < 1.29 is 18.7 Å². The van der Waals surface area contributed by atoms with Crippen LogP contribution in [0.25, 0.3) is 0 Å². The average Bonchev–Trinajstić information content (AvgIpc) is 2.11. The molecule has 14 heavy (non-hydrogen) atoms. The molecule has 0 heterocycles. The molecule has 0 fully saturated rings. The number of carbonyl (C=O) groups is 1. The first-order valence-corrected chi connectivity index (χ1v) is 4.25. The zero-order chi connectivity index (χ0) is 10.7. The van der Waals surface area contributed by atoms with Gasteiger partial charge in [0.1, 0.15) is 17.0 Å². The van der Waals surface area contributed by atoms with Gasteiger partial charge in [0.25, 0.3) is 0 Å². The summed E-state index contributed by atoms with van der Waals surface area (Å²) >= 11 is 5.39. The summed E-state index contributed by atoms with van der Waals surface area (Å²) in [5, 5.41) is 7.21. The minimum atomic E-state index is -1.25. The van der Waals surface area contributed by atoms with Crippen molar-refractivity contribution in [3.05, 3.63) is 35.4 Å². The van der Waals surface area contributed by atoms with E-state index in [1.807, 2.05) is 0 Å². The van der Waals surface area contributed by atoms with Crippen LogP contribution in [0.1, 0.15) is 5.56 Å². The van der Waals surface area contributed by atoms with Crippen LogP contribution in [0.2, 0.25) is 0 Å². The van der Waals surface area contributed by atoms with Crippen LogP contribution < -0.4 is 0 Å². The summed E-state index contributed by atoms with van der Waals surface area (Å²) in [6, 6.07) is 2.84. The Hall–Kier alpha value is -1.16. The molecular weight excluding hydrogens is 214 g/mol. The molecule has 0 amide bonds. The van der Waals surface area contributed by atoms with Gasteiger partial charge in [0.05, 0.1) is 0 Å². The second kappa shape index (κ2) is 4.37. The van der Waals surface area contributed by atoms with Gasteiger partial charge in [-0.25, -0.2) is 8.78 Å². The first-order valence-electron chi connectivity index (χ1n) is 3.81. The van der Waals surface area contributed by atoms with Gasteiger partial charge in [-0.1, -0.05) is 0 Å². The van der Waals surface area contributed by atoms with E-state index in [4.69, 9.17) is 16.7 Å². The van der Waals surface area contributed by atoms with Crippen LogP contribution in [-0.2, 0) is 11.2 Å². The third-order valence-electron chi connectivity index (χ3n) is 1.67. The number of alkyl halides is 1. The molecule has 0 aliphatic heterocycles. The lowest BCUT2D eigenvalue weighted by atomic mass is 10.1. The van der Waals surface area contributed by atoms with Gasteiger partial charge in [0, 0.05) is 6.42 Å². The van der Waals surface area contributed by atoms with Gasteiger partial charge in [0.15, 0.2) is 0 Å². The number of hydrogen-bond acceptors (Lipinski definition) is 1. The molecule has 0 saturated carbocycles. The van der Waals surface area contributed by atoms with Crippen molar-refractivity contribution in [3.63, 3.8) is 0 Å². The quantitative estimate of drug-likeness (QED) is 0.793. The number of rotatable bonds is 3. The van der Waals surface area contributed by atoms with Gasteiger partial charge in [-0.3, -0.25) is 4.79 Å². The lowest BCUT2D eigenvalue weighted by Gasteiger charge is -2.05. The van der Waals surface area contributed by atoms with Crippen LogP contribution in [-0.4, -0.2) is 16.5 Å². The summed E-state index contributed by atoms with van der Waals surface area (Å²) in [7, 11) is 0. The number of aliphatic carboxylic acids is 1. The average molecular weight is 221 g/mol. The van der Waals surface area contributed by atoms with Crippen molar-refractivity contribution in [2.24, 2.45) is 0 Å². The van der Waals surface area contributed by atoms with E-state index in [9.17, 15) is 13.6 Å². The Morgan fingerprint density at radius 2 is 2.14 bits per heavy atom. The van der Waals surface area contributed by atoms with Crippen molar-refractivity contribution in [2.45, 2.75) is 11.8 Å².